The number of aliphatic hydroxyl groups is 5. The van der Waals surface area contributed by atoms with Crippen LogP contribution in [0.4, 0.5) is 0 Å². The predicted molar refractivity (Wildman–Crippen MR) is 274 cm³/mol. The Kier molecular flexibility index (Phi) is 42.3. The number of nitrogens with one attached hydrogen (secondary N) is 1. The molecule has 1 aliphatic heterocycles. The lowest BCUT2D eigenvalue weighted by Gasteiger charge is -2.41. The summed E-state index contributed by atoms with van der Waals surface area (Å²) in [6.07, 6.45) is 40.5. The van der Waals surface area contributed by atoms with Gasteiger partial charge in [-0.05, 0) is 57.8 Å². The SMILES string of the molecule is CCCCC/C=C\C/C=C\CCCCCCCCCC(=O)OC1C(OCC(NC(=O)C(O)CCCCCCCCCCCC)C(O)/C=C/CCCCCCCCCCC)OC(CO)C(O)C1O. The topological polar surface area (TPSA) is 175 Å². The van der Waals surface area contributed by atoms with E-state index in [1.54, 1.807) is 6.08 Å². The number of aliphatic hydroxyl groups excluding tert-OH is 5. The van der Waals surface area contributed by atoms with Crippen LogP contribution in [-0.4, -0.2) is 99.6 Å². The molecular formula is C56H103NO10. The number of carbonyl (C=O) groups excluding carboxylic acids is 2. The normalized spacial score (nSPS) is 20.3. The number of carbonyl (C=O) groups is 2. The Balaban J connectivity index is 2.72. The summed E-state index contributed by atoms with van der Waals surface area (Å²) in [5.41, 5.74) is 0. The number of hydrogen-bond donors (Lipinski definition) is 6. The fourth-order valence-corrected chi connectivity index (χ4v) is 8.56. The largest absolute Gasteiger partial charge is 0.454 e. The molecule has 1 heterocycles. The van der Waals surface area contributed by atoms with Crippen molar-refractivity contribution < 1.29 is 49.3 Å². The van der Waals surface area contributed by atoms with E-state index in [0.717, 1.165) is 77.0 Å². The van der Waals surface area contributed by atoms with Gasteiger partial charge in [-0.2, -0.15) is 0 Å². The lowest BCUT2D eigenvalue weighted by molar-refractivity contribution is -0.305. The molecule has 1 aliphatic rings. The summed E-state index contributed by atoms with van der Waals surface area (Å²) < 4.78 is 17.5. The Morgan fingerprint density at radius 2 is 1.03 bits per heavy atom. The summed E-state index contributed by atoms with van der Waals surface area (Å²) in [4.78, 5) is 26.4. The van der Waals surface area contributed by atoms with Crippen molar-refractivity contribution in [2.75, 3.05) is 13.2 Å². The smallest absolute Gasteiger partial charge is 0.306 e. The standard InChI is InChI=1S/C56H103NO10/c1-4-7-10-13-16-19-22-23-24-25-26-27-29-32-35-38-41-44-51(61)67-54-53(63)52(62)50(45-58)66-56(54)65-46-47(48(59)42-39-36-33-31-28-20-17-14-11-8-5-2)57-55(64)49(60)43-40-37-34-30-21-18-15-12-9-6-3/h16,19,23-24,39,42,47-50,52-54,56,58-60,62-63H,4-15,17-18,20-22,25-38,40-41,43-46H2,1-3H3,(H,57,64)/b19-16-,24-23-,42-39+. The van der Waals surface area contributed by atoms with Crippen molar-refractivity contribution in [3.05, 3.63) is 36.5 Å². The number of hydrogen-bond acceptors (Lipinski definition) is 10. The summed E-state index contributed by atoms with van der Waals surface area (Å²) in [5, 5.41) is 56.6. The fourth-order valence-electron chi connectivity index (χ4n) is 8.56. The second kappa shape index (κ2) is 45.0. The van der Waals surface area contributed by atoms with E-state index < -0.39 is 67.4 Å². The van der Waals surface area contributed by atoms with Crippen LogP contribution in [0.3, 0.4) is 0 Å². The molecule has 0 aromatic heterocycles. The molecule has 1 saturated heterocycles. The molecule has 0 saturated carbocycles. The van der Waals surface area contributed by atoms with Gasteiger partial charge in [0.2, 0.25) is 5.91 Å². The molecule has 8 unspecified atom stereocenters. The van der Waals surface area contributed by atoms with Crippen molar-refractivity contribution in [3.8, 4) is 0 Å². The summed E-state index contributed by atoms with van der Waals surface area (Å²) in [6.45, 7) is 5.72. The zero-order valence-electron chi connectivity index (χ0n) is 43.0. The van der Waals surface area contributed by atoms with Gasteiger partial charge in [-0.1, -0.05) is 218 Å². The number of allylic oxidation sites excluding steroid dienone is 5. The Labute approximate surface area is 409 Å². The highest BCUT2D eigenvalue weighted by Gasteiger charge is 2.47. The lowest BCUT2D eigenvalue weighted by atomic mass is 9.99. The molecule has 0 aromatic rings. The highest BCUT2D eigenvalue weighted by molar-refractivity contribution is 5.80. The van der Waals surface area contributed by atoms with Crippen LogP contribution < -0.4 is 5.32 Å². The Morgan fingerprint density at radius 1 is 0.582 bits per heavy atom. The second-order valence-electron chi connectivity index (χ2n) is 19.3. The van der Waals surface area contributed by atoms with Gasteiger partial charge in [0.1, 0.15) is 24.4 Å². The number of rotatable bonds is 46. The number of ether oxygens (including phenoxy) is 3. The van der Waals surface area contributed by atoms with E-state index in [-0.39, 0.29) is 13.0 Å². The molecule has 0 aromatic carbocycles. The van der Waals surface area contributed by atoms with Gasteiger partial charge in [0.05, 0.1) is 25.4 Å². The average Bonchev–Trinajstić information content (AvgIpc) is 3.32. The molecule has 1 rings (SSSR count). The van der Waals surface area contributed by atoms with Gasteiger partial charge in [0, 0.05) is 6.42 Å². The Morgan fingerprint density at radius 3 is 1.55 bits per heavy atom. The molecule has 6 N–H and O–H groups in total. The highest BCUT2D eigenvalue weighted by Crippen LogP contribution is 2.26. The third-order valence-corrected chi connectivity index (χ3v) is 13.0. The molecule has 0 aliphatic carbocycles. The molecular weight excluding hydrogens is 847 g/mol. The first kappa shape index (κ1) is 62.9. The second-order valence-corrected chi connectivity index (χ2v) is 19.3. The van der Waals surface area contributed by atoms with Gasteiger partial charge in [-0.25, -0.2) is 0 Å². The van der Waals surface area contributed by atoms with Gasteiger partial charge in [-0.15, -0.1) is 0 Å². The van der Waals surface area contributed by atoms with Crippen molar-refractivity contribution in [2.45, 2.75) is 294 Å². The summed E-state index contributed by atoms with van der Waals surface area (Å²) in [5.74, 6) is -1.20. The first-order chi connectivity index (χ1) is 32.7. The minimum atomic E-state index is -1.61. The zero-order chi connectivity index (χ0) is 49.0. The minimum absolute atomic E-state index is 0.116. The van der Waals surface area contributed by atoms with E-state index in [1.165, 1.54) is 122 Å². The van der Waals surface area contributed by atoms with Crippen molar-refractivity contribution in [1.82, 2.24) is 5.32 Å². The highest BCUT2D eigenvalue weighted by atomic mass is 16.7. The van der Waals surface area contributed by atoms with Gasteiger partial charge in [0.25, 0.3) is 0 Å². The Hall–Kier alpha value is -2.12. The van der Waals surface area contributed by atoms with E-state index in [9.17, 15) is 35.1 Å². The minimum Gasteiger partial charge on any atom is -0.454 e. The lowest BCUT2D eigenvalue weighted by Crippen LogP contribution is -2.61. The van der Waals surface area contributed by atoms with E-state index in [4.69, 9.17) is 14.2 Å². The van der Waals surface area contributed by atoms with Crippen LogP contribution in [0.15, 0.2) is 36.5 Å². The molecule has 67 heavy (non-hydrogen) atoms. The monoisotopic (exact) mass is 950 g/mol. The van der Waals surface area contributed by atoms with Gasteiger partial charge >= 0.3 is 5.97 Å². The number of esters is 1. The van der Waals surface area contributed by atoms with Crippen LogP contribution in [0.25, 0.3) is 0 Å². The van der Waals surface area contributed by atoms with Crippen LogP contribution in [-0.2, 0) is 23.8 Å². The quantitative estimate of drug-likeness (QED) is 0.0196. The number of amides is 1. The molecule has 392 valence electrons. The molecule has 1 amide bonds. The fraction of sp³-hybridized carbons (Fsp3) is 0.857. The molecule has 0 radical (unpaired) electrons. The average molecular weight is 950 g/mol. The maximum Gasteiger partial charge on any atom is 0.306 e. The van der Waals surface area contributed by atoms with Crippen molar-refractivity contribution in [3.63, 3.8) is 0 Å². The van der Waals surface area contributed by atoms with Crippen LogP contribution in [0, 0.1) is 0 Å². The molecule has 0 bridgehead atoms. The van der Waals surface area contributed by atoms with Gasteiger partial charge in [-0.3, -0.25) is 9.59 Å². The van der Waals surface area contributed by atoms with Crippen molar-refractivity contribution in [2.24, 2.45) is 0 Å². The first-order valence-electron chi connectivity index (χ1n) is 27.8. The van der Waals surface area contributed by atoms with Gasteiger partial charge in [0.15, 0.2) is 12.4 Å². The molecule has 1 fully saturated rings. The van der Waals surface area contributed by atoms with E-state index in [1.807, 2.05) is 6.08 Å². The maximum absolute atomic E-state index is 13.3. The number of unbranched alkanes of at least 4 members (excludes halogenated alkanes) is 28. The summed E-state index contributed by atoms with van der Waals surface area (Å²) in [7, 11) is 0. The first-order valence-corrected chi connectivity index (χ1v) is 27.8. The maximum atomic E-state index is 13.3. The summed E-state index contributed by atoms with van der Waals surface area (Å²) >= 11 is 0. The van der Waals surface area contributed by atoms with E-state index in [2.05, 4.69) is 50.4 Å². The van der Waals surface area contributed by atoms with Crippen molar-refractivity contribution in [1.29, 1.82) is 0 Å². The molecule has 0 spiro atoms. The van der Waals surface area contributed by atoms with E-state index >= 15 is 0 Å². The Bertz CT molecular complexity index is 1230. The zero-order valence-corrected chi connectivity index (χ0v) is 43.0. The molecule has 11 heteroatoms. The van der Waals surface area contributed by atoms with Crippen LogP contribution in [0.1, 0.15) is 245 Å². The van der Waals surface area contributed by atoms with Crippen LogP contribution >= 0.6 is 0 Å². The predicted octanol–water partition coefficient (Wildman–Crippen LogP) is 11.9. The van der Waals surface area contributed by atoms with E-state index in [0.29, 0.717) is 19.3 Å². The van der Waals surface area contributed by atoms with Gasteiger partial charge < -0.3 is 45.1 Å². The molecule has 8 atom stereocenters. The third kappa shape index (κ3) is 34.0. The molecule has 11 nitrogen and oxygen atoms in total. The van der Waals surface area contributed by atoms with Crippen molar-refractivity contribution >= 4 is 11.9 Å². The van der Waals surface area contributed by atoms with Crippen LogP contribution in [0.2, 0.25) is 0 Å². The third-order valence-electron chi connectivity index (χ3n) is 13.0. The summed E-state index contributed by atoms with van der Waals surface area (Å²) in [6, 6.07) is -1.02. The van der Waals surface area contributed by atoms with Crippen LogP contribution in [0.5, 0.6) is 0 Å².